The summed E-state index contributed by atoms with van der Waals surface area (Å²) in [6.07, 6.45) is 1.31. The highest BCUT2D eigenvalue weighted by Gasteiger charge is 2.23. The minimum absolute atomic E-state index is 0.0641. The van der Waals surface area contributed by atoms with Gasteiger partial charge in [-0.3, -0.25) is 9.59 Å². The summed E-state index contributed by atoms with van der Waals surface area (Å²) < 4.78 is 0.854. The van der Waals surface area contributed by atoms with Crippen molar-refractivity contribution < 1.29 is 9.59 Å². The monoisotopic (exact) mass is 353 g/mol. The topological polar surface area (TPSA) is 66.6 Å². The zero-order chi connectivity index (χ0) is 15.4. The molecule has 114 valence electrons. The van der Waals surface area contributed by atoms with Crippen LogP contribution in [0.2, 0.25) is 0 Å². The number of carbonyl (C=O) groups excluding carboxylic acids is 2. The predicted octanol–water partition coefficient (Wildman–Crippen LogP) is 2.12. The van der Waals surface area contributed by atoms with E-state index >= 15 is 0 Å². The second kappa shape index (κ2) is 6.93. The third-order valence-corrected chi connectivity index (χ3v) is 4.18. The summed E-state index contributed by atoms with van der Waals surface area (Å²) in [5.74, 6) is 0.0817. The van der Waals surface area contributed by atoms with Gasteiger partial charge in [-0.1, -0.05) is 22.9 Å². The zero-order valence-corrected chi connectivity index (χ0v) is 13.7. The normalized spacial score (nSPS) is 15.7. The molecule has 1 fully saturated rings. The Morgan fingerprint density at radius 1 is 1.19 bits per heavy atom. The Morgan fingerprint density at radius 3 is 2.52 bits per heavy atom. The molecule has 2 N–H and O–H groups in total. The van der Waals surface area contributed by atoms with Gasteiger partial charge < -0.3 is 15.5 Å². The van der Waals surface area contributed by atoms with Crippen molar-refractivity contribution in [1.29, 1.82) is 0 Å². The molecule has 1 aromatic carbocycles. The quantitative estimate of drug-likeness (QED) is 0.828. The molecule has 1 saturated heterocycles. The largest absolute Gasteiger partial charge is 0.398 e. The van der Waals surface area contributed by atoms with Crippen LogP contribution in [0, 0.1) is 0 Å². The van der Waals surface area contributed by atoms with Crippen LogP contribution >= 0.6 is 15.9 Å². The lowest BCUT2D eigenvalue weighted by molar-refractivity contribution is -0.130. The lowest BCUT2D eigenvalue weighted by Gasteiger charge is -2.22. The number of hydrogen-bond acceptors (Lipinski definition) is 3. The molecule has 0 unspecified atom stereocenters. The molecule has 2 rings (SSSR count). The minimum Gasteiger partial charge on any atom is -0.398 e. The number of nitrogens with two attached hydrogens (primary N) is 1. The summed E-state index contributed by atoms with van der Waals surface area (Å²) >= 11 is 3.34. The van der Waals surface area contributed by atoms with Crippen molar-refractivity contribution in [3.05, 3.63) is 28.2 Å². The van der Waals surface area contributed by atoms with Gasteiger partial charge in [0.25, 0.3) is 5.91 Å². The maximum absolute atomic E-state index is 12.6. The van der Waals surface area contributed by atoms with Crippen LogP contribution in [0.25, 0.3) is 0 Å². The molecule has 2 amide bonds. The van der Waals surface area contributed by atoms with Crippen molar-refractivity contribution in [2.75, 3.05) is 31.9 Å². The Morgan fingerprint density at radius 2 is 1.86 bits per heavy atom. The van der Waals surface area contributed by atoms with Crippen molar-refractivity contribution in [3.63, 3.8) is 0 Å². The molecule has 1 aromatic rings. The van der Waals surface area contributed by atoms with Crippen LogP contribution in [-0.4, -0.2) is 47.8 Å². The highest BCUT2D eigenvalue weighted by Crippen LogP contribution is 2.20. The average Bonchev–Trinajstić information content (AvgIpc) is 2.71. The number of anilines is 1. The van der Waals surface area contributed by atoms with Crippen LogP contribution in [0.3, 0.4) is 0 Å². The van der Waals surface area contributed by atoms with Crippen LogP contribution in [0.4, 0.5) is 5.69 Å². The molecule has 1 aliphatic heterocycles. The van der Waals surface area contributed by atoms with Gasteiger partial charge in [-0.05, 0) is 24.6 Å². The smallest absolute Gasteiger partial charge is 0.256 e. The maximum atomic E-state index is 12.6. The number of hydrogen-bond donors (Lipinski definition) is 1. The van der Waals surface area contributed by atoms with E-state index in [-0.39, 0.29) is 11.8 Å². The number of benzene rings is 1. The van der Waals surface area contributed by atoms with Gasteiger partial charge in [-0.25, -0.2) is 0 Å². The summed E-state index contributed by atoms with van der Waals surface area (Å²) in [7, 11) is 0. The molecule has 0 aliphatic carbocycles. The predicted molar refractivity (Wildman–Crippen MR) is 85.9 cm³/mol. The van der Waals surface area contributed by atoms with Crippen molar-refractivity contribution >= 4 is 33.4 Å². The van der Waals surface area contributed by atoms with Crippen LogP contribution in [0.15, 0.2) is 22.7 Å². The van der Waals surface area contributed by atoms with E-state index in [4.69, 9.17) is 5.73 Å². The van der Waals surface area contributed by atoms with Gasteiger partial charge in [0.1, 0.15) is 0 Å². The Hall–Kier alpha value is -1.56. The number of carbonyl (C=O) groups is 2. The molecule has 0 aromatic heterocycles. The fourth-order valence-corrected chi connectivity index (χ4v) is 2.87. The molecule has 0 bridgehead atoms. The van der Waals surface area contributed by atoms with Gasteiger partial charge in [0, 0.05) is 42.8 Å². The van der Waals surface area contributed by atoms with Crippen LogP contribution in [0.5, 0.6) is 0 Å². The van der Waals surface area contributed by atoms with Gasteiger partial charge in [0.05, 0.1) is 5.56 Å². The van der Waals surface area contributed by atoms with Crippen LogP contribution in [-0.2, 0) is 4.79 Å². The molecule has 1 aliphatic rings. The second-order valence-electron chi connectivity index (χ2n) is 5.11. The highest BCUT2D eigenvalue weighted by molar-refractivity contribution is 9.10. The van der Waals surface area contributed by atoms with E-state index in [0.717, 1.165) is 10.9 Å². The Bertz CT molecular complexity index is 548. The van der Waals surface area contributed by atoms with Crippen molar-refractivity contribution in [2.24, 2.45) is 0 Å². The lowest BCUT2D eigenvalue weighted by Crippen LogP contribution is -2.37. The first-order valence-electron chi connectivity index (χ1n) is 7.15. The molecule has 6 heteroatoms. The molecule has 0 radical (unpaired) electrons. The molecule has 0 saturated carbocycles. The van der Waals surface area contributed by atoms with E-state index in [1.54, 1.807) is 17.0 Å². The standard InChI is InChI=1S/C15H20BrN3O2/c1-2-14(20)18-6-3-7-19(9-8-18)15(21)12-5-4-11(16)10-13(12)17/h4-5,10H,2-3,6-9,17H2,1H3. The van der Waals surface area contributed by atoms with E-state index in [9.17, 15) is 9.59 Å². The van der Waals surface area contributed by atoms with Crippen LogP contribution < -0.4 is 5.73 Å². The third kappa shape index (κ3) is 3.75. The molecular weight excluding hydrogens is 334 g/mol. The molecular formula is C15H20BrN3O2. The van der Waals surface area contributed by atoms with Crippen molar-refractivity contribution in [3.8, 4) is 0 Å². The van der Waals surface area contributed by atoms with Gasteiger partial charge in [-0.15, -0.1) is 0 Å². The summed E-state index contributed by atoms with van der Waals surface area (Å²) in [4.78, 5) is 27.9. The van der Waals surface area contributed by atoms with Crippen LogP contribution in [0.1, 0.15) is 30.1 Å². The Balaban J connectivity index is 2.08. The fraction of sp³-hybridized carbons (Fsp3) is 0.467. The van der Waals surface area contributed by atoms with Gasteiger partial charge in [-0.2, -0.15) is 0 Å². The Labute approximate surface area is 133 Å². The first kappa shape index (κ1) is 15.8. The number of nitrogens with zero attached hydrogens (tertiary/aromatic N) is 2. The van der Waals surface area contributed by atoms with Gasteiger partial charge >= 0.3 is 0 Å². The van der Waals surface area contributed by atoms with E-state index in [2.05, 4.69) is 15.9 Å². The van der Waals surface area contributed by atoms with Crippen molar-refractivity contribution in [1.82, 2.24) is 9.80 Å². The van der Waals surface area contributed by atoms with E-state index in [1.165, 1.54) is 0 Å². The second-order valence-corrected chi connectivity index (χ2v) is 6.03. The molecule has 21 heavy (non-hydrogen) atoms. The van der Waals surface area contributed by atoms with Gasteiger partial charge in [0.2, 0.25) is 5.91 Å². The first-order chi connectivity index (χ1) is 10.0. The minimum atomic E-state index is -0.0641. The molecule has 0 atom stereocenters. The van der Waals surface area contributed by atoms with Crippen molar-refractivity contribution in [2.45, 2.75) is 19.8 Å². The molecule has 5 nitrogen and oxygen atoms in total. The number of nitrogen functional groups attached to an aromatic ring is 1. The molecule has 1 heterocycles. The SMILES string of the molecule is CCC(=O)N1CCCN(C(=O)c2ccc(Br)cc2N)CC1. The third-order valence-electron chi connectivity index (χ3n) is 3.68. The summed E-state index contributed by atoms with van der Waals surface area (Å²) in [5, 5.41) is 0. The molecule has 0 spiro atoms. The lowest BCUT2D eigenvalue weighted by atomic mass is 10.1. The first-order valence-corrected chi connectivity index (χ1v) is 7.94. The van der Waals surface area contributed by atoms with Gasteiger partial charge in [0.15, 0.2) is 0 Å². The van der Waals surface area contributed by atoms with E-state index in [0.29, 0.717) is 43.9 Å². The van der Waals surface area contributed by atoms with E-state index in [1.807, 2.05) is 17.9 Å². The summed E-state index contributed by atoms with van der Waals surface area (Å²) in [6.45, 7) is 4.38. The maximum Gasteiger partial charge on any atom is 0.256 e. The number of rotatable bonds is 2. The average molecular weight is 354 g/mol. The number of halogens is 1. The fourth-order valence-electron chi connectivity index (χ4n) is 2.49. The van der Waals surface area contributed by atoms with E-state index < -0.39 is 0 Å². The zero-order valence-electron chi connectivity index (χ0n) is 12.1. The Kier molecular flexibility index (Phi) is 5.22. The summed E-state index contributed by atoms with van der Waals surface area (Å²) in [5.41, 5.74) is 6.92. The highest BCUT2D eigenvalue weighted by atomic mass is 79.9. The summed E-state index contributed by atoms with van der Waals surface area (Å²) in [6, 6.07) is 5.29. The number of amides is 2.